The number of carboxylic acids is 1. The van der Waals surface area contributed by atoms with Gasteiger partial charge in [0.05, 0.1) is 5.69 Å². The molecule has 29 heavy (non-hydrogen) atoms. The summed E-state index contributed by atoms with van der Waals surface area (Å²) in [5.74, 6) is -2.78. The number of nitrogens with one attached hydrogen (secondary N) is 1. The van der Waals surface area contributed by atoms with Crippen molar-refractivity contribution in [1.29, 1.82) is 0 Å². The summed E-state index contributed by atoms with van der Waals surface area (Å²) in [6, 6.07) is 9.06. The lowest BCUT2D eigenvalue weighted by atomic mass is 10.1. The second-order valence-electron chi connectivity index (χ2n) is 6.63. The van der Waals surface area contributed by atoms with Crippen molar-refractivity contribution in [2.75, 3.05) is 10.2 Å². The van der Waals surface area contributed by atoms with Crippen LogP contribution >= 0.6 is 11.8 Å². The van der Waals surface area contributed by atoms with Crippen molar-refractivity contribution < 1.29 is 29.4 Å². The van der Waals surface area contributed by atoms with Gasteiger partial charge in [-0.05, 0) is 61.0 Å². The van der Waals surface area contributed by atoms with E-state index in [2.05, 4.69) is 5.32 Å². The number of carbonyl (C=O) groups is 4. The molecule has 2 aromatic carbocycles. The SMILES string of the molecule is Cc1ccc(C)c(N2C(=O)SC(CC(=O)Nc3ccc(O)c(C(=O)O)c3)C2=O)c1. The van der Waals surface area contributed by atoms with E-state index in [1.54, 1.807) is 13.0 Å². The van der Waals surface area contributed by atoms with Crippen molar-refractivity contribution in [3.63, 3.8) is 0 Å². The molecule has 1 fully saturated rings. The average molecular weight is 414 g/mol. The largest absolute Gasteiger partial charge is 0.507 e. The summed E-state index contributed by atoms with van der Waals surface area (Å²) in [5.41, 5.74) is 1.98. The number of carbonyl (C=O) groups excluding carboxylic acids is 3. The molecule has 3 N–H and O–H groups in total. The monoisotopic (exact) mass is 414 g/mol. The summed E-state index contributed by atoms with van der Waals surface area (Å²) in [6.07, 6.45) is -0.250. The number of anilines is 2. The fraction of sp³-hybridized carbons (Fsp3) is 0.200. The number of rotatable bonds is 5. The Labute approximate surface area is 170 Å². The standard InChI is InChI=1S/C20H18N2O6S/c1-10-3-4-11(2)14(7-10)22-18(25)16(29-20(22)28)9-17(24)21-12-5-6-15(23)13(8-12)19(26)27/h3-8,16,23H,9H2,1-2H3,(H,21,24)(H,26,27). The van der Waals surface area contributed by atoms with Gasteiger partial charge in [-0.25, -0.2) is 9.69 Å². The van der Waals surface area contributed by atoms with Crippen LogP contribution in [-0.4, -0.2) is 38.5 Å². The number of imide groups is 1. The van der Waals surface area contributed by atoms with Crippen molar-refractivity contribution in [1.82, 2.24) is 0 Å². The second-order valence-corrected chi connectivity index (χ2v) is 7.78. The minimum atomic E-state index is -1.34. The van der Waals surface area contributed by atoms with Crippen LogP contribution in [0, 0.1) is 13.8 Å². The maximum absolute atomic E-state index is 12.7. The number of hydrogen-bond donors (Lipinski definition) is 3. The minimum Gasteiger partial charge on any atom is -0.507 e. The molecule has 1 unspecified atom stereocenters. The molecule has 1 aliphatic rings. The first-order chi connectivity index (χ1) is 13.7. The summed E-state index contributed by atoms with van der Waals surface area (Å²) in [7, 11) is 0. The number of phenols is 1. The molecule has 0 radical (unpaired) electrons. The van der Waals surface area contributed by atoms with Gasteiger partial charge in [0.15, 0.2) is 0 Å². The highest BCUT2D eigenvalue weighted by atomic mass is 32.2. The van der Waals surface area contributed by atoms with E-state index in [0.717, 1.165) is 39.9 Å². The van der Waals surface area contributed by atoms with Crippen LogP contribution in [0.1, 0.15) is 27.9 Å². The zero-order valence-corrected chi connectivity index (χ0v) is 16.4. The number of carboxylic acid groups (broad SMARTS) is 1. The number of benzene rings is 2. The topological polar surface area (TPSA) is 124 Å². The van der Waals surface area contributed by atoms with Gasteiger partial charge in [-0.2, -0.15) is 0 Å². The van der Waals surface area contributed by atoms with E-state index in [-0.39, 0.29) is 17.7 Å². The van der Waals surface area contributed by atoms with Crippen LogP contribution in [0.3, 0.4) is 0 Å². The maximum Gasteiger partial charge on any atom is 0.339 e. The number of hydrogen-bond acceptors (Lipinski definition) is 6. The Morgan fingerprint density at radius 2 is 1.86 bits per heavy atom. The first kappa shape index (κ1) is 20.4. The van der Waals surface area contributed by atoms with E-state index in [0.29, 0.717) is 5.69 Å². The second kappa shape index (κ2) is 7.96. The van der Waals surface area contributed by atoms with E-state index in [1.807, 2.05) is 19.1 Å². The van der Waals surface area contributed by atoms with Crippen LogP contribution in [0.5, 0.6) is 5.75 Å². The number of aryl methyl sites for hydroxylation is 2. The summed E-state index contributed by atoms with van der Waals surface area (Å²) in [6.45, 7) is 3.65. The minimum absolute atomic E-state index is 0.165. The molecule has 0 bridgehead atoms. The molecule has 0 spiro atoms. The number of aromatic carboxylic acids is 1. The van der Waals surface area contributed by atoms with E-state index >= 15 is 0 Å². The number of thioether (sulfide) groups is 1. The molecular formula is C20H18N2O6S. The highest BCUT2D eigenvalue weighted by Gasteiger charge is 2.42. The van der Waals surface area contributed by atoms with Gasteiger partial charge in [-0.15, -0.1) is 0 Å². The Morgan fingerprint density at radius 1 is 1.14 bits per heavy atom. The lowest BCUT2D eigenvalue weighted by Crippen LogP contribution is -2.33. The van der Waals surface area contributed by atoms with Crippen LogP contribution in [0.2, 0.25) is 0 Å². The smallest absolute Gasteiger partial charge is 0.339 e. The van der Waals surface area contributed by atoms with Gasteiger partial charge >= 0.3 is 5.97 Å². The third kappa shape index (κ3) is 4.24. The molecule has 1 atom stereocenters. The van der Waals surface area contributed by atoms with Crippen molar-refractivity contribution in [3.05, 3.63) is 53.1 Å². The van der Waals surface area contributed by atoms with Crippen LogP contribution in [-0.2, 0) is 9.59 Å². The molecule has 1 heterocycles. The quantitative estimate of drug-likeness (QED) is 0.641. The molecule has 150 valence electrons. The first-order valence-corrected chi connectivity index (χ1v) is 9.53. The van der Waals surface area contributed by atoms with E-state index in [1.165, 1.54) is 6.07 Å². The molecule has 9 heteroatoms. The molecule has 8 nitrogen and oxygen atoms in total. The molecule has 2 aromatic rings. The first-order valence-electron chi connectivity index (χ1n) is 8.65. The van der Waals surface area contributed by atoms with Gasteiger partial charge in [0.25, 0.3) is 5.24 Å². The van der Waals surface area contributed by atoms with Gasteiger partial charge in [-0.1, -0.05) is 12.1 Å². The molecule has 0 aromatic heterocycles. The van der Waals surface area contributed by atoms with E-state index < -0.39 is 34.0 Å². The van der Waals surface area contributed by atoms with E-state index in [9.17, 15) is 24.3 Å². The lowest BCUT2D eigenvalue weighted by molar-refractivity contribution is -0.121. The predicted octanol–water partition coefficient (Wildman–Crippen LogP) is 3.30. The number of nitrogens with zero attached hydrogens (tertiary/aromatic N) is 1. The fourth-order valence-corrected chi connectivity index (χ4v) is 3.91. The Bertz CT molecular complexity index is 1040. The van der Waals surface area contributed by atoms with Gasteiger partial charge in [-0.3, -0.25) is 14.4 Å². The third-order valence-electron chi connectivity index (χ3n) is 4.41. The fourth-order valence-electron chi connectivity index (χ4n) is 2.93. The normalized spacial score (nSPS) is 16.2. The van der Waals surface area contributed by atoms with Crippen molar-refractivity contribution in [2.24, 2.45) is 0 Å². The van der Waals surface area contributed by atoms with Crippen molar-refractivity contribution in [3.8, 4) is 5.75 Å². The summed E-state index contributed by atoms with van der Waals surface area (Å²) in [4.78, 5) is 49.7. The number of amides is 3. The zero-order valence-electron chi connectivity index (χ0n) is 15.6. The van der Waals surface area contributed by atoms with Gasteiger partial charge in [0.2, 0.25) is 11.8 Å². The molecule has 3 amide bonds. The average Bonchev–Trinajstić information content (AvgIpc) is 2.92. The Morgan fingerprint density at radius 3 is 2.55 bits per heavy atom. The molecule has 0 aliphatic carbocycles. The Kier molecular flexibility index (Phi) is 5.60. The van der Waals surface area contributed by atoms with Crippen molar-refractivity contribution in [2.45, 2.75) is 25.5 Å². The van der Waals surface area contributed by atoms with Crippen LogP contribution in [0.4, 0.5) is 16.2 Å². The molecular weight excluding hydrogens is 396 g/mol. The summed E-state index contributed by atoms with van der Waals surface area (Å²) >= 11 is 0.783. The lowest BCUT2D eigenvalue weighted by Gasteiger charge is -2.17. The number of aromatic hydroxyl groups is 1. The van der Waals surface area contributed by atoms with Gasteiger partial charge in [0, 0.05) is 12.1 Å². The van der Waals surface area contributed by atoms with Crippen molar-refractivity contribution >= 4 is 46.2 Å². The molecule has 0 saturated carbocycles. The zero-order chi connectivity index (χ0) is 21.3. The van der Waals surface area contributed by atoms with Gasteiger partial charge in [0.1, 0.15) is 16.6 Å². The van der Waals surface area contributed by atoms with Crippen LogP contribution < -0.4 is 10.2 Å². The summed E-state index contributed by atoms with van der Waals surface area (Å²) < 4.78 is 0. The van der Waals surface area contributed by atoms with Crippen LogP contribution in [0.15, 0.2) is 36.4 Å². The molecule has 1 aliphatic heterocycles. The third-order valence-corrected chi connectivity index (χ3v) is 5.45. The summed E-state index contributed by atoms with van der Waals surface area (Å²) in [5, 5.41) is 19.7. The van der Waals surface area contributed by atoms with Crippen LogP contribution in [0.25, 0.3) is 0 Å². The van der Waals surface area contributed by atoms with E-state index in [4.69, 9.17) is 5.11 Å². The maximum atomic E-state index is 12.7. The van der Waals surface area contributed by atoms with Gasteiger partial charge < -0.3 is 15.5 Å². The Balaban J connectivity index is 1.73. The Hall–Kier alpha value is -3.33. The molecule has 3 rings (SSSR count). The highest BCUT2D eigenvalue weighted by molar-refractivity contribution is 8.15. The highest BCUT2D eigenvalue weighted by Crippen LogP contribution is 2.35. The predicted molar refractivity (Wildman–Crippen MR) is 108 cm³/mol. The molecule has 1 saturated heterocycles.